The third-order valence-electron chi connectivity index (χ3n) is 4.47. The minimum Gasteiger partial charge on any atom is -0.494 e. The largest absolute Gasteiger partial charge is 0.494 e. The predicted octanol–water partition coefficient (Wildman–Crippen LogP) is 5.15. The molecule has 0 atom stereocenters. The van der Waals surface area contributed by atoms with Crippen LogP contribution in [0.15, 0.2) is 65.8 Å². The van der Waals surface area contributed by atoms with E-state index >= 15 is 0 Å². The van der Waals surface area contributed by atoms with Crippen LogP contribution in [-0.4, -0.2) is 38.4 Å². The van der Waals surface area contributed by atoms with Gasteiger partial charge < -0.3 is 18.9 Å². The number of amides is 1. The molecule has 0 spiro atoms. The molecule has 0 bridgehead atoms. The van der Waals surface area contributed by atoms with E-state index in [1.54, 1.807) is 60.7 Å². The van der Waals surface area contributed by atoms with Gasteiger partial charge in [-0.1, -0.05) is 29.3 Å². The zero-order valence-electron chi connectivity index (χ0n) is 18.9. The summed E-state index contributed by atoms with van der Waals surface area (Å²) < 4.78 is 21.5. The number of esters is 1. The van der Waals surface area contributed by atoms with Crippen LogP contribution in [0.2, 0.25) is 10.0 Å². The fourth-order valence-corrected chi connectivity index (χ4v) is 3.16. The van der Waals surface area contributed by atoms with Crippen molar-refractivity contribution in [2.45, 2.75) is 6.92 Å². The standard InChI is InChI=1S/C25H22Cl2N2O6/c1-3-33-18-10-8-17(9-11-18)25(31)35-20-12-7-16(13-22(20)32-2)14-28-29-23(30)15-34-21-6-4-5-19(26)24(21)27/h4-14H,3,15H2,1-2H3,(H,29,30)/b28-14+. The maximum atomic E-state index is 12.5. The number of carbonyl (C=O) groups is 2. The lowest BCUT2D eigenvalue weighted by Gasteiger charge is -2.10. The number of nitrogens with zero attached hydrogens (tertiary/aromatic N) is 1. The Kier molecular flexibility index (Phi) is 9.34. The van der Waals surface area contributed by atoms with Crippen LogP contribution >= 0.6 is 23.2 Å². The molecule has 0 radical (unpaired) electrons. The lowest BCUT2D eigenvalue weighted by molar-refractivity contribution is -0.123. The summed E-state index contributed by atoms with van der Waals surface area (Å²) in [4.78, 5) is 24.4. The first-order valence-electron chi connectivity index (χ1n) is 10.4. The van der Waals surface area contributed by atoms with Gasteiger partial charge in [0, 0.05) is 0 Å². The number of carbonyl (C=O) groups excluding carboxylic acids is 2. The van der Waals surface area contributed by atoms with Gasteiger partial charge in [-0.05, 0) is 67.1 Å². The summed E-state index contributed by atoms with van der Waals surface area (Å²) in [6, 6.07) is 16.3. The fraction of sp³-hybridized carbons (Fsp3) is 0.160. The van der Waals surface area contributed by atoms with Crippen LogP contribution in [0.25, 0.3) is 0 Å². The van der Waals surface area contributed by atoms with E-state index in [2.05, 4.69) is 10.5 Å². The molecule has 0 unspecified atom stereocenters. The van der Waals surface area contributed by atoms with Gasteiger partial charge in [-0.15, -0.1) is 0 Å². The van der Waals surface area contributed by atoms with Crippen LogP contribution in [-0.2, 0) is 4.79 Å². The highest BCUT2D eigenvalue weighted by atomic mass is 35.5. The van der Waals surface area contributed by atoms with Crippen molar-refractivity contribution < 1.29 is 28.5 Å². The fourth-order valence-electron chi connectivity index (χ4n) is 2.81. The van der Waals surface area contributed by atoms with Crippen LogP contribution in [0.1, 0.15) is 22.8 Å². The summed E-state index contributed by atoms with van der Waals surface area (Å²) in [7, 11) is 1.45. The molecule has 3 aromatic rings. The van der Waals surface area contributed by atoms with Gasteiger partial charge in [0.05, 0.1) is 30.5 Å². The molecule has 1 N–H and O–H groups in total. The lowest BCUT2D eigenvalue weighted by atomic mass is 10.2. The Bertz CT molecular complexity index is 1220. The molecule has 0 fully saturated rings. The number of methoxy groups -OCH3 is 1. The van der Waals surface area contributed by atoms with Crippen molar-refractivity contribution in [2.24, 2.45) is 5.10 Å². The van der Waals surface area contributed by atoms with Crippen LogP contribution in [0.5, 0.6) is 23.0 Å². The Morgan fingerprint density at radius 2 is 1.74 bits per heavy atom. The smallest absolute Gasteiger partial charge is 0.343 e. The summed E-state index contributed by atoms with van der Waals surface area (Å²) >= 11 is 11.9. The number of hydrazone groups is 1. The summed E-state index contributed by atoms with van der Waals surface area (Å²) in [5.41, 5.74) is 3.31. The van der Waals surface area contributed by atoms with Crippen molar-refractivity contribution in [1.82, 2.24) is 5.43 Å². The second-order valence-electron chi connectivity index (χ2n) is 6.89. The Hall–Kier alpha value is -3.75. The number of halogens is 2. The number of benzene rings is 3. The van der Waals surface area contributed by atoms with E-state index in [9.17, 15) is 9.59 Å². The lowest BCUT2D eigenvalue weighted by Crippen LogP contribution is -2.24. The summed E-state index contributed by atoms with van der Waals surface area (Å²) in [6.07, 6.45) is 1.41. The summed E-state index contributed by atoms with van der Waals surface area (Å²) in [6.45, 7) is 2.11. The van der Waals surface area contributed by atoms with Gasteiger partial charge in [-0.2, -0.15) is 5.10 Å². The average molecular weight is 517 g/mol. The normalized spacial score (nSPS) is 10.6. The maximum Gasteiger partial charge on any atom is 0.343 e. The molecule has 35 heavy (non-hydrogen) atoms. The van der Waals surface area contributed by atoms with Crippen LogP contribution in [0.4, 0.5) is 0 Å². The number of ether oxygens (including phenoxy) is 4. The van der Waals surface area contributed by atoms with Crippen molar-refractivity contribution >= 4 is 41.3 Å². The van der Waals surface area contributed by atoms with Gasteiger partial charge in [0.2, 0.25) is 0 Å². The molecular weight excluding hydrogens is 495 g/mol. The predicted molar refractivity (Wildman–Crippen MR) is 133 cm³/mol. The van der Waals surface area contributed by atoms with Crippen LogP contribution in [0, 0.1) is 0 Å². The van der Waals surface area contributed by atoms with Gasteiger partial charge in [0.1, 0.15) is 16.5 Å². The molecule has 10 heteroatoms. The maximum absolute atomic E-state index is 12.5. The number of nitrogens with one attached hydrogen (secondary N) is 1. The third kappa shape index (κ3) is 7.37. The van der Waals surface area contributed by atoms with Crippen molar-refractivity contribution in [2.75, 3.05) is 20.3 Å². The average Bonchev–Trinajstić information content (AvgIpc) is 2.86. The molecule has 8 nitrogen and oxygen atoms in total. The van der Waals surface area contributed by atoms with E-state index in [1.165, 1.54) is 13.3 Å². The summed E-state index contributed by atoms with van der Waals surface area (Å²) in [5, 5.41) is 4.44. The van der Waals surface area contributed by atoms with Gasteiger partial charge in [-0.3, -0.25) is 4.79 Å². The molecule has 3 rings (SSSR count). The molecule has 182 valence electrons. The SMILES string of the molecule is CCOc1ccc(C(=O)Oc2ccc(/C=N/NC(=O)COc3cccc(Cl)c3Cl)cc2OC)cc1. The second kappa shape index (κ2) is 12.6. The van der Waals surface area contributed by atoms with E-state index in [1.807, 2.05) is 6.92 Å². The van der Waals surface area contributed by atoms with Crippen molar-refractivity contribution in [3.05, 3.63) is 81.8 Å². The van der Waals surface area contributed by atoms with Crippen LogP contribution in [0.3, 0.4) is 0 Å². The highest BCUT2D eigenvalue weighted by molar-refractivity contribution is 6.42. The molecule has 1 amide bonds. The summed E-state index contributed by atoms with van der Waals surface area (Å²) in [5.74, 6) is 0.471. The van der Waals surface area contributed by atoms with E-state index in [4.69, 9.17) is 42.1 Å². The Labute approximate surface area is 212 Å². The minimum absolute atomic E-state index is 0.223. The minimum atomic E-state index is -0.542. The van der Waals surface area contributed by atoms with Crippen LogP contribution < -0.4 is 24.4 Å². The first kappa shape index (κ1) is 25.9. The Morgan fingerprint density at radius 1 is 0.971 bits per heavy atom. The van der Waals surface area contributed by atoms with E-state index < -0.39 is 11.9 Å². The molecule has 0 aliphatic carbocycles. The zero-order chi connectivity index (χ0) is 25.2. The molecular formula is C25H22Cl2N2O6. The highest BCUT2D eigenvalue weighted by Gasteiger charge is 2.13. The van der Waals surface area contributed by atoms with Gasteiger partial charge in [0.15, 0.2) is 18.1 Å². The molecule has 0 aliphatic heterocycles. The number of hydrogen-bond acceptors (Lipinski definition) is 7. The van der Waals surface area contributed by atoms with Gasteiger partial charge in [0.25, 0.3) is 5.91 Å². The quantitative estimate of drug-likeness (QED) is 0.173. The molecule has 3 aromatic carbocycles. The first-order chi connectivity index (χ1) is 16.9. The van der Waals surface area contributed by atoms with Gasteiger partial charge in [-0.25, -0.2) is 10.2 Å². The molecule has 0 heterocycles. The van der Waals surface area contributed by atoms with Crippen molar-refractivity contribution in [1.29, 1.82) is 0 Å². The Balaban J connectivity index is 1.56. The zero-order valence-corrected chi connectivity index (χ0v) is 20.4. The highest BCUT2D eigenvalue weighted by Crippen LogP contribution is 2.31. The van der Waals surface area contributed by atoms with E-state index in [0.717, 1.165) is 0 Å². The Morgan fingerprint density at radius 3 is 2.46 bits per heavy atom. The van der Waals surface area contributed by atoms with Crippen molar-refractivity contribution in [3.8, 4) is 23.0 Å². The molecule has 0 saturated heterocycles. The topological polar surface area (TPSA) is 95.5 Å². The number of rotatable bonds is 10. The van der Waals surface area contributed by atoms with E-state index in [0.29, 0.717) is 40.0 Å². The molecule has 0 saturated carbocycles. The van der Waals surface area contributed by atoms with Crippen molar-refractivity contribution in [3.63, 3.8) is 0 Å². The molecule has 0 aliphatic rings. The van der Waals surface area contributed by atoms with E-state index in [-0.39, 0.29) is 17.4 Å². The monoisotopic (exact) mass is 516 g/mol. The first-order valence-corrected chi connectivity index (χ1v) is 11.2. The van der Waals surface area contributed by atoms with Gasteiger partial charge >= 0.3 is 5.97 Å². The number of hydrogen-bond donors (Lipinski definition) is 1. The molecule has 0 aromatic heterocycles. The second-order valence-corrected chi connectivity index (χ2v) is 7.68. The third-order valence-corrected chi connectivity index (χ3v) is 5.27.